The quantitative estimate of drug-likeness (QED) is 0.700. The van der Waals surface area contributed by atoms with E-state index in [1.54, 1.807) is 6.92 Å². The van der Waals surface area contributed by atoms with Gasteiger partial charge in [0.25, 0.3) is 5.91 Å². The Bertz CT molecular complexity index is 917. The number of nitrogens with zero attached hydrogens (tertiary/aromatic N) is 1. The van der Waals surface area contributed by atoms with Crippen molar-refractivity contribution < 1.29 is 9.53 Å². The summed E-state index contributed by atoms with van der Waals surface area (Å²) in [5.41, 5.74) is 3.64. The van der Waals surface area contributed by atoms with E-state index in [-0.39, 0.29) is 5.91 Å². The molecule has 0 saturated heterocycles. The molecule has 0 unspecified atom stereocenters. The molecule has 134 valence electrons. The van der Waals surface area contributed by atoms with Crippen molar-refractivity contribution >= 4 is 22.5 Å². The number of hydrogen-bond acceptors (Lipinski definition) is 3. The largest absolute Gasteiger partial charge is 0.481 e. The van der Waals surface area contributed by atoms with E-state index in [1.807, 2.05) is 61.5 Å². The van der Waals surface area contributed by atoms with Crippen molar-refractivity contribution in [2.45, 2.75) is 39.7 Å². The number of anilines is 1. The molecule has 0 spiro atoms. The van der Waals surface area contributed by atoms with Crippen LogP contribution in [-0.4, -0.2) is 17.0 Å². The number of nitrogens with one attached hydrogen (secondary N) is 1. The van der Waals surface area contributed by atoms with E-state index in [2.05, 4.69) is 24.1 Å². The molecule has 2 aromatic carbocycles. The number of carbonyl (C=O) groups excluding carboxylic acids is 1. The van der Waals surface area contributed by atoms with Crippen molar-refractivity contribution in [2.75, 3.05) is 5.32 Å². The summed E-state index contributed by atoms with van der Waals surface area (Å²) in [4.78, 5) is 17.1. The van der Waals surface area contributed by atoms with Crippen molar-refractivity contribution in [3.05, 3.63) is 65.9 Å². The van der Waals surface area contributed by atoms with Crippen LogP contribution in [0.25, 0.3) is 10.9 Å². The number of pyridine rings is 1. The van der Waals surface area contributed by atoms with Crippen molar-refractivity contribution in [1.82, 2.24) is 4.98 Å². The van der Waals surface area contributed by atoms with Crippen LogP contribution in [0.3, 0.4) is 0 Å². The molecule has 4 nitrogen and oxygen atoms in total. The normalized spacial score (nSPS) is 12.2. The summed E-state index contributed by atoms with van der Waals surface area (Å²) in [6, 6.07) is 17.6. The van der Waals surface area contributed by atoms with Crippen LogP contribution in [0.4, 0.5) is 5.69 Å². The number of aryl methyl sites for hydroxylation is 1. The minimum atomic E-state index is -0.611. The lowest BCUT2D eigenvalue weighted by molar-refractivity contribution is -0.122. The number of amides is 1. The molecule has 1 heterocycles. The highest BCUT2D eigenvalue weighted by Crippen LogP contribution is 2.23. The number of benzene rings is 2. The van der Waals surface area contributed by atoms with Gasteiger partial charge in [-0.3, -0.25) is 9.78 Å². The second-order valence-corrected chi connectivity index (χ2v) is 6.80. The average Bonchev–Trinajstić information content (AvgIpc) is 2.62. The van der Waals surface area contributed by atoms with E-state index in [0.717, 1.165) is 16.6 Å². The third kappa shape index (κ3) is 4.02. The minimum Gasteiger partial charge on any atom is -0.481 e. The maximum atomic E-state index is 12.6. The first-order chi connectivity index (χ1) is 12.4. The van der Waals surface area contributed by atoms with Crippen LogP contribution < -0.4 is 10.1 Å². The van der Waals surface area contributed by atoms with Gasteiger partial charge in [0, 0.05) is 11.1 Å². The van der Waals surface area contributed by atoms with E-state index in [0.29, 0.717) is 17.4 Å². The summed E-state index contributed by atoms with van der Waals surface area (Å²) in [5.74, 6) is 0.949. The molecule has 1 atom stereocenters. The summed E-state index contributed by atoms with van der Waals surface area (Å²) < 4.78 is 5.79. The lowest BCUT2D eigenvalue weighted by atomic mass is 10.0. The molecule has 3 aromatic rings. The maximum Gasteiger partial charge on any atom is 0.265 e. The first-order valence-electron chi connectivity index (χ1n) is 8.88. The van der Waals surface area contributed by atoms with Crippen LogP contribution in [-0.2, 0) is 4.79 Å². The Labute approximate surface area is 154 Å². The van der Waals surface area contributed by atoms with Gasteiger partial charge in [0.05, 0.1) is 11.2 Å². The molecule has 0 radical (unpaired) electrons. The molecule has 0 saturated carbocycles. The minimum absolute atomic E-state index is 0.200. The molecule has 1 amide bonds. The van der Waals surface area contributed by atoms with Crippen LogP contribution in [0.5, 0.6) is 5.75 Å². The van der Waals surface area contributed by atoms with Crippen molar-refractivity contribution in [2.24, 2.45) is 0 Å². The second-order valence-electron chi connectivity index (χ2n) is 6.80. The molecule has 3 rings (SSSR count). The molecular weight excluding hydrogens is 324 g/mol. The fraction of sp³-hybridized carbons (Fsp3) is 0.273. The van der Waals surface area contributed by atoms with Crippen molar-refractivity contribution in [3.63, 3.8) is 0 Å². The van der Waals surface area contributed by atoms with Crippen LogP contribution in [0, 0.1) is 6.92 Å². The van der Waals surface area contributed by atoms with Crippen LogP contribution in [0.15, 0.2) is 54.6 Å². The van der Waals surface area contributed by atoms with Gasteiger partial charge in [0.2, 0.25) is 0 Å². The Morgan fingerprint density at radius 3 is 2.42 bits per heavy atom. The zero-order valence-corrected chi connectivity index (χ0v) is 15.6. The van der Waals surface area contributed by atoms with E-state index >= 15 is 0 Å². The first kappa shape index (κ1) is 17.9. The fourth-order valence-electron chi connectivity index (χ4n) is 2.77. The number of para-hydroxylation sites is 1. The Morgan fingerprint density at radius 1 is 1.00 bits per heavy atom. The zero-order chi connectivity index (χ0) is 18.7. The van der Waals surface area contributed by atoms with Crippen molar-refractivity contribution in [3.8, 4) is 5.75 Å². The van der Waals surface area contributed by atoms with Crippen LogP contribution in [0.2, 0.25) is 0 Å². The summed E-state index contributed by atoms with van der Waals surface area (Å²) in [6.45, 7) is 7.97. The van der Waals surface area contributed by atoms with E-state index in [4.69, 9.17) is 4.74 Å². The Hall–Kier alpha value is -2.88. The highest BCUT2D eigenvalue weighted by molar-refractivity contribution is 6.01. The predicted octanol–water partition coefficient (Wildman–Crippen LogP) is 5.07. The van der Waals surface area contributed by atoms with E-state index in [9.17, 15) is 4.79 Å². The third-order valence-electron chi connectivity index (χ3n) is 4.35. The van der Waals surface area contributed by atoms with Crippen LogP contribution >= 0.6 is 0 Å². The number of hydrogen-bond donors (Lipinski definition) is 1. The summed E-state index contributed by atoms with van der Waals surface area (Å²) in [6.07, 6.45) is -0.611. The third-order valence-corrected chi connectivity index (χ3v) is 4.35. The van der Waals surface area contributed by atoms with Gasteiger partial charge in [-0.2, -0.15) is 0 Å². The van der Waals surface area contributed by atoms with Gasteiger partial charge in [-0.25, -0.2) is 0 Å². The van der Waals surface area contributed by atoms with Gasteiger partial charge in [0.1, 0.15) is 5.75 Å². The maximum absolute atomic E-state index is 12.6. The van der Waals surface area contributed by atoms with E-state index in [1.165, 1.54) is 5.56 Å². The smallest absolute Gasteiger partial charge is 0.265 e. The molecule has 0 aliphatic carbocycles. The van der Waals surface area contributed by atoms with Crippen LogP contribution in [0.1, 0.15) is 37.9 Å². The summed E-state index contributed by atoms with van der Waals surface area (Å²) in [5, 5.41) is 3.93. The number of rotatable bonds is 5. The second kappa shape index (κ2) is 7.56. The van der Waals surface area contributed by atoms with Gasteiger partial charge < -0.3 is 10.1 Å². The molecule has 0 aliphatic heterocycles. The zero-order valence-electron chi connectivity index (χ0n) is 15.6. The summed E-state index contributed by atoms with van der Waals surface area (Å²) >= 11 is 0. The topological polar surface area (TPSA) is 51.2 Å². The standard InChI is InChI=1S/C22H24N2O2/c1-14(2)17-10-12-19(13-11-17)26-16(4)22(25)24-20-7-5-6-18-9-8-15(3)23-21(18)20/h5-14,16H,1-4H3,(H,24,25)/t16-/m0/s1. The Balaban J connectivity index is 1.72. The summed E-state index contributed by atoms with van der Waals surface area (Å²) in [7, 11) is 0. The molecule has 1 N–H and O–H groups in total. The molecule has 4 heteroatoms. The average molecular weight is 348 g/mol. The van der Waals surface area contributed by atoms with Gasteiger partial charge in [-0.1, -0.05) is 44.2 Å². The fourth-order valence-corrected chi connectivity index (χ4v) is 2.77. The van der Waals surface area contributed by atoms with Crippen molar-refractivity contribution in [1.29, 1.82) is 0 Å². The molecule has 0 aliphatic rings. The predicted molar refractivity (Wildman–Crippen MR) is 106 cm³/mol. The monoisotopic (exact) mass is 348 g/mol. The Kier molecular flexibility index (Phi) is 5.21. The first-order valence-corrected chi connectivity index (χ1v) is 8.88. The molecule has 0 bridgehead atoms. The van der Waals surface area contributed by atoms with Gasteiger partial charge in [0.15, 0.2) is 6.10 Å². The lowest BCUT2D eigenvalue weighted by Gasteiger charge is -2.16. The molecule has 0 fully saturated rings. The molecule has 1 aromatic heterocycles. The number of fused-ring (bicyclic) bond motifs is 1. The molecule has 26 heavy (non-hydrogen) atoms. The van der Waals surface area contributed by atoms with Gasteiger partial charge in [-0.05, 0) is 49.6 Å². The number of aromatic nitrogens is 1. The Morgan fingerprint density at radius 2 is 1.73 bits per heavy atom. The lowest BCUT2D eigenvalue weighted by Crippen LogP contribution is -2.30. The number of ether oxygens (including phenoxy) is 1. The highest BCUT2D eigenvalue weighted by Gasteiger charge is 2.16. The number of carbonyl (C=O) groups is 1. The SMILES string of the molecule is Cc1ccc2cccc(NC(=O)[C@H](C)Oc3ccc(C(C)C)cc3)c2n1. The van der Waals surface area contributed by atoms with Gasteiger partial charge in [-0.15, -0.1) is 0 Å². The van der Waals surface area contributed by atoms with E-state index < -0.39 is 6.10 Å². The highest BCUT2D eigenvalue weighted by atomic mass is 16.5. The van der Waals surface area contributed by atoms with Gasteiger partial charge >= 0.3 is 0 Å². The molecular formula is C22H24N2O2.